The van der Waals surface area contributed by atoms with Crippen LogP contribution in [0.25, 0.3) is 10.5 Å². The lowest BCUT2D eigenvalue weighted by Gasteiger charge is -2.44. The molecule has 4 heterocycles. The fraction of sp³-hybridized carbons (Fsp3) is 0.478. The van der Waals surface area contributed by atoms with Crippen LogP contribution in [-0.2, 0) is 0 Å². The van der Waals surface area contributed by atoms with Gasteiger partial charge in [-0.25, -0.2) is 19.5 Å². The highest BCUT2D eigenvalue weighted by molar-refractivity contribution is 5.67. The van der Waals surface area contributed by atoms with Crippen molar-refractivity contribution >= 4 is 23.1 Å². The highest BCUT2D eigenvalue weighted by Crippen LogP contribution is 2.32. The van der Waals surface area contributed by atoms with E-state index in [1.807, 2.05) is 25.1 Å². The van der Waals surface area contributed by atoms with Crippen molar-refractivity contribution in [3.63, 3.8) is 0 Å². The molecule has 2 N–H and O–H groups in total. The molecule has 2 atom stereocenters. The lowest BCUT2D eigenvalue weighted by molar-refractivity contribution is 0.0649. The molecule has 0 saturated carbocycles. The molecule has 2 saturated heterocycles. The quantitative estimate of drug-likeness (QED) is 0.555. The molecule has 1 aromatic carbocycles. The van der Waals surface area contributed by atoms with Crippen molar-refractivity contribution in [3.05, 3.63) is 47.7 Å². The average molecular weight is 445 g/mol. The number of hydrogen-bond acceptors (Lipinski definition) is 8. The zero-order chi connectivity index (χ0) is 22.6. The zero-order valence-electron chi connectivity index (χ0n) is 18.8. The van der Waals surface area contributed by atoms with E-state index in [2.05, 4.69) is 45.9 Å². The number of piperidine rings is 2. The van der Waals surface area contributed by atoms with Crippen molar-refractivity contribution in [1.29, 1.82) is 0 Å². The summed E-state index contributed by atoms with van der Waals surface area (Å²) in [7, 11) is 0. The van der Waals surface area contributed by atoms with Gasteiger partial charge in [-0.1, -0.05) is 12.5 Å². The molecule has 0 radical (unpaired) electrons. The molecule has 170 valence electrons. The average Bonchev–Trinajstić information content (AvgIpc) is 3.39. The Bertz CT molecular complexity index is 1130. The third-order valence-corrected chi connectivity index (χ3v) is 6.71. The third kappa shape index (κ3) is 4.64. The molecule has 0 aliphatic carbocycles. The number of hydrogen-bond donors (Lipinski definition) is 2. The minimum absolute atomic E-state index is 0.440. The van der Waals surface area contributed by atoms with E-state index < -0.39 is 0 Å². The molecule has 10 nitrogen and oxygen atoms in total. The summed E-state index contributed by atoms with van der Waals surface area (Å²) in [5.74, 6) is 1.61. The van der Waals surface area contributed by atoms with Crippen LogP contribution in [0.15, 0.2) is 30.7 Å². The first-order valence-electron chi connectivity index (χ1n) is 11.5. The van der Waals surface area contributed by atoms with Gasteiger partial charge >= 0.3 is 0 Å². The van der Waals surface area contributed by atoms with Gasteiger partial charge in [0.05, 0.1) is 12.3 Å². The second-order valence-corrected chi connectivity index (χ2v) is 8.80. The second kappa shape index (κ2) is 9.50. The fourth-order valence-electron chi connectivity index (χ4n) is 5.03. The van der Waals surface area contributed by atoms with Crippen molar-refractivity contribution in [2.75, 3.05) is 30.3 Å². The molecule has 0 spiro atoms. The molecule has 33 heavy (non-hydrogen) atoms. The second-order valence-electron chi connectivity index (χ2n) is 8.80. The molecule has 2 aliphatic heterocycles. The maximum absolute atomic E-state index is 7.53. The summed E-state index contributed by atoms with van der Waals surface area (Å²) in [6.07, 6.45) is 9.51. The van der Waals surface area contributed by atoms with E-state index in [0.29, 0.717) is 29.4 Å². The van der Waals surface area contributed by atoms with Crippen LogP contribution < -0.4 is 10.6 Å². The number of aromatic nitrogens is 6. The van der Waals surface area contributed by atoms with Crippen LogP contribution >= 0.6 is 0 Å². The largest absolute Gasteiger partial charge is 0.378 e. The van der Waals surface area contributed by atoms with Crippen LogP contribution in [0.1, 0.15) is 37.7 Å². The summed E-state index contributed by atoms with van der Waals surface area (Å²) in [4.78, 5) is 15.3. The summed E-state index contributed by atoms with van der Waals surface area (Å²) in [6, 6.07) is 6.55. The Morgan fingerprint density at radius 2 is 2.09 bits per heavy atom. The van der Waals surface area contributed by atoms with Gasteiger partial charge in [-0.2, -0.15) is 0 Å². The first-order valence-corrected chi connectivity index (χ1v) is 11.5. The maximum atomic E-state index is 7.53. The summed E-state index contributed by atoms with van der Waals surface area (Å²) in [6.45, 7) is 12.8. The van der Waals surface area contributed by atoms with Crippen LogP contribution in [0.4, 0.5) is 23.1 Å². The number of nitrogens with one attached hydrogen (secondary N) is 2. The monoisotopic (exact) mass is 444 g/mol. The molecule has 2 aliphatic rings. The third-order valence-electron chi connectivity index (χ3n) is 6.71. The number of fused-ring (bicyclic) bond motifs is 1. The predicted octanol–water partition coefficient (Wildman–Crippen LogP) is 3.73. The van der Waals surface area contributed by atoms with Gasteiger partial charge in [0.2, 0.25) is 11.6 Å². The van der Waals surface area contributed by atoms with Crippen LogP contribution in [0, 0.1) is 19.4 Å². The van der Waals surface area contributed by atoms with Crippen LogP contribution in [0.2, 0.25) is 0 Å². The maximum Gasteiger partial charge on any atom is 0.246 e. The minimum Gasteiger partial charge on any atom is -0.378 e. The van der Waals surface area contributed by atoms with Gasteiger partial charge in [-0.3, -0.25) is 0 Å². The Balaban J connectivity index is 1.32. The van der Waals surface area contributed by atoms with Gasteiger partial charge in [-0.15, -0.1) is 5.10 Å². The van der Waals surface area contributed by atoms with E-state index in [0.717, 1.165) is 23.5 Å². The molecule has 0 amide bonds. The van der Waals surface area contributed by atoms with Crippen molar-refractivity contribution < 1.29 is 0 Å². The smallest absolute Gasteiger partial charge is 0.246 e. The number of benzene rings is 1. The molecular weight excluding hydrogens is 416 g/mol. The molecule has 5 rings (SSSR count). The number of rotatable bonds is 6. The van der Waals surface area contributed by atoms with Crippen molar-refractivity contribution in [2.24, 2.45) is 5.92 Å². The summed E-state index contributed by atoms with van der Waals surface area (Å²) in [5, 5.41) is 18.1. The van der Waals surface area contributed by atoms with Crippen molar-refractivity contribution in [1.82, 2.24) is 35.1 Å². The minimum atomic E-state index is 0.440. The predicted molar refractivity (Wildman–Crippen MR) is 126 cm³/mol. The van der Waals surface area contributed by atoms with Crippen LogP contribution in [-0.4, -0.2) is 60.8 Å². The normalized spacial score (nSPS) is 20.6. The Morgan fingerprint density at radius 1 is 1.18 bits per heavy atom. The summed E-state index contributed by atoms with van der Waals surface area (Å²) in [5.41, 5.74) is 3.17. The summed E-state index contributed by atoms with van der Waals surface area (Å²) >= 11 is 0. The van der Waals surface area contributed by atoms with Gasteiger partial charge in [-0.05, 0) is 79.7 Å². The molecule has 2 aromatic heterocycles. The molecule has 3 aromatic rings. The highest BCUT2D eigenvalue weighted by atomic mass is 15.5. The van der Waals surface area contributed by atoms with E-state index in [1.165, 1.54) is 45.2 Å². The molecule has 0 bridgehead atoms. The SMILES string of the molecule is [C-]#[N+]c1cnc(Nc2ccc(C)c(-n3cnnn3)c2)nc1NC[C@@H]1CCCN2CCCC[C@H]12. The van der Waals surface area contributed by atoms with Crippen LogP contribution in [0.3, 0.4) is 0 Å². The van der Waals surface area contributed by atoms with Crippen molar-refractivity contribution in [3.8, 4) is 5.69 Å². The van der Waals surface area contributed by atoms with Gasteiger partial charge in [0.25, 0.3) is 0 Å². The van der Waals surface area contributed by atoms with Gasteiger partial charge in [0.15, 0.2) is 0 Å². The van der Waals surface area contributed by atoms with E-state index in [9.17, 15) is 0 Å². The Kier molecular flexibility index (Phi) is 6.13. The lowest BCUT2D eigenvalue weighted by atomic mass is 9.83. The lowest BCUT2D eigenvalue weighted by Crippen LogP contribution is -2.49. The Labute approximate surface area is 193 Å². The van der Waals surface area contributed by atoms with Crippen LogP contribution in [0.5, 0.6) is 0 Å². The topological polar surface area (TPSA) is 101 Å². The van der Waals surface area contributed by atoms with E-state index >= 15 is 0 Å². The molecule has 10 heteroatoms. The molecule has 2 fully saturated rings. The fourth-order valence-corrected chi connectivity index (χ4v) is 5.03. The van der Waals surface area contributed by atoms with Crippen molar-refractivity contribution in [2.45, 2.75) is 45.1 Å². The first-order chi connectivity index (χ1) is 16.2. The number of aryl methyl sites for hydroxylation is 1. The standard InChI is InChI=1S/C23H28N10/c1-16-8-9-18(12-21(16)33-15-27-30-31-33)28-23-26-14-19(24-2)22(29-23)25-13-17-6-5-11-32-10-4-3-7-20(17)32/h8-9,12,14-15,17,20H,3-7,10-11,13H2,1H3,(H2,25,26,28,29)/t17-,20+/m0/s1. The summed E-state index contributed by atoms with van der Waals surface area (Å²) < 4.78 is 1.62. The van der Waals surface area contributed by atoms with E-state index in [4.69, 9.17) is 6.57 Å². The van der Waals surface area contributed by atoms with Gasteiger partial charge in [0.1, 0.15) is 12.1 Å². The number of tetrazole rings is 1. The van der Waals surface area contributed by atoms with Gasteiger partial charge < -0.3 is 15.5 Å². The van der Waals surface area contributed by atoms with Gasteiger partial charge in [0, 0.05) is 24.5 Å². The Morgan fingerprint density at radius 3 is 2.94 bits per heavy atom. The van der Waals surface area contributed by atoms with E-state index in [-0.39, 0.29) is 0 Å². The highest BCUT2D eigenvalue weighted by Gasteiger charge is 2.32. The Hall–Kier alpha value is -3.58. The zero-order valence-corrected chi connectivity index (χ0v) is 18.8. The number of nitrogens with zero attached hydrogens (tertiary/aromatic N) is 8. The number of anilines is 3. The van der Waals surface area contributed by atoms with E-state index in [1.54, 1.807) is 17.2 Å². The molecule has 0 unspecified atom stereocenters. The molecular formula is C23H28N10. The first kappa shape index (κ1) is 21.3.